The van der Waals surface area contributed by atoms with Gasteiger partial charge in [0.2, 0.25) is 0 Å². The fraction of sp³-hybridized carbons (Fsp3) is 0.560. The van der Waals surface area contributed by atoms with Crippen LogP contribution in [0.4, 0.5) is 13.2 Å². The molecule has 2 atom stereocenters. The first-order valence-corrected chi connectivity index (χ1v) is 11.0. The molecule has 2 heterocycles. The molecule has 1 unspecified atom stereocenters. The van der Waals surface area contributed by atoms with Crippen molar-refractivity contribution in [1.29, 1.82) is 0 Å². The van der Waals surface area contributed by atoms with Gasteiger partial charge in [0.15, 0.2) is 0 Å². The lowest BCUT2D eigenvalue weighted by Crippen LogP contribution is -2.46. The number of pyridine rings is 1. The number of hydrogen-bond acceptors (Lipinski definition) is 2. The molecular weight excluding hydrogens is 387 g/mol. The summed E-state index contributed by atoms with van der Waals surface area (Å²) in [7, 11) is 0. The number of hydrogen-bond donors (Lipinski definition) is 0. The van der Waals surface area contributed by atoms with Crippen molar-refractivity contribution in [1.82, 2.24) is 4.98 Å². The molecule has 1 aromatic heterocycles. The first kappa shape index (κ1) is 21.4. The van der Waals surface area contributed by atoms with Crippen LogP contribution < -0.4 is 0 Å². The summed E-state index contributed by atoms with van der Waals surface area (Å²) in [5.74, 6) is 0.0512. The third-order valence-corrected chi connectivity index (χ3v) is 7.21. The maximum absolute atomic E-state index is 13.1. The van der Waals surface area contributed by atoms with Gasteiger partial charge in [-0.25, -0.2) is 0 Å². The van der Waals surface area contributed by atoms with Gasteiger partial charge in [0.25, 0.3) is 0 Å². The Balaban J connectivity index is 1.56. The van der Waals surface area contributed by atoms with Gasteiger partial charge in [-0.3, -0.25) is 4.98 Å². The first-order chi connectivity index (χ1) is 14.3. The van der Waals surface area contributed by atoms with E-state index in [1.165, 1.54) is 25.0 Å². The predicted octanol–water partition coefficient (Wildman–Crippen LogP) is 7.05. The van der Waals surface area contributed by atoms with Gasteiger partial charge in [0.05, 0.1) is 11.2 Å². The average molecular weight is 418 g/mol. The van der Waals surface area contributed by atoms with Crippen LogP contribution in [-0.4, -0.2) is 17.2 Å². The van der Waals surface area contributed by atoms with Crippen LogP contribution in [0, 0.1) is 0 Å². The third-order valence-electron chi connectivity index (χ3n) is 7.21. The molecular formula is C25H30F3NO. The number of alkyl halides is 3. The van der Waals surface area contributed by atoms with Gasteiger partial charge in [-0.15, -0.1) is 0 Å². The van der Waals surface area contributed by atoms with Crippen molar-refractivity contribution in [3.05, 3.63) is 65.5 Å². The average Bonchev–Trinajstić information content (AvgIpc) is 3.19. The number of aromatic nitrogens is 1. The highest BCUT2D eigenvalue weighted by molar-refractivity contribution is 5.28. The number of ether oxygens (including phenoxy) is 1. The molecule has 5 heteroatoms. The highest BCUT2D eigenvalue weighted by atomic mass is 19.4. The lowest BCUT2D eigenvalue weighted by molar-refractivity contribution is -0.137. The molecule has 2 fully saturated rings. The minimum atomic E-state index is -4.31. The fourth-order valence-electron chi connectivity index (χ4n) is 5.48. The van der Waals surface area contributed by atoms with Crippen molar-refractivity contribution in [3.8, 4) is 0 Å². The second-order valence-electron chi connectivity index (χ2n) is 9.22. The van der Waals surface area contributed by atoms with E-state index in [4.69, 9.17) is 9.72 Å². The molecule has 2 aromatic rings. The van der Waals surface area contributed by atoms with Crippen LogP contribution in [0.15, 0.2) is 48.7 Å². The molecule has 0 bridgehead atoms. The molecule has 1 aromatic carbocycles. The number of benzene rings is 1. The Labute approximate surface area is 176 Å². The number of rotatable bonds is 5. The molecule has 2 aliphatic rings. The lowest BCUT2D eigenvalue weighted by Gasteiger charge is -2.47. The van der Waals surface area contributed by atoms with Crippen LogP contribution in [0.5, 0.6) is 0 Å². The summed E-state index contributed by atoms with van der Waals surface area (Å²) in [6.07, 6.45) is 5.78. The van der Waals surface area contributed by atoms with Crippen molar-refractivity contribution in [2.75, 3.05) is 6.61 Å². The van der Waals surface area contributed by atoms with E-state index in [1.807, 2.05) is 31.3 Å². The monoisotopic (exact) mass is 417 g/mol. The second kappa shape index (κ2) is 8.33. The van der Waals surface area contributed by atoms with E-state index < -0.39 is 11.7 Å². The molecule has 1 spiro atoms. The third kappa shape index (κ3) is 4.41. The Hall–Kier alpha value is -1.88. The highest BCUT2D eigenvalue weighted by Gasteiger charge is 2.48. The van der Waals surface area contributed by atoms with E-state index in [0.717, 1.165) is 62.5 Å². The minimum Gasteiger partial charge on any atom is -0.375 e. The molecule has 0 N–H and O–H groups in total. The van der Waals surface area contributed by atoms with E-state index in [9.17, 15) is 13.2 Å². The van der Waals surface area contributed by atoms with Crippen molar-refractivity contribution < 1.29 is 17.9 Å². The summed E-state index contributed by atoms with van der Waals surface area (Å²) < 4.78 is 45.7. The van der Waals surface area contributed by atoms with Crippen LogP contribution >= 0.6 is 0 Å². The van der Waals surface area contributed by atoms with Crippen LogP contribution in [0.2, 0.25) is 0 Å². The SMILES string of the molecule is CC(CC[C@]1(c2ccccn2)CCOC2(CCCC2)C1)c1cccc(C(F)(F)F)c1. The molecule has 162 valence electrons. The normalized spacial score (nSPS) is 24.8. The summed E-state index contributed by atoms with van der Waals surface area (Å²) in [4.78, 5) is 4.72. The maximum atomic E-state index is 13.1. The van der Waals surface area contributed by atoms with Crippen LogP contribution in [0.25, 0.3) is 0 Å². The summed E-state index contributed by atoms with van der Waals surface area (Å²) in [5.41, 5.74) is 1.18. The molecule has 1 saturated carbocycles. The Bertz CT molecular complexity index is 845. The van der Waals surface area contributed by atoms with E-state index in [0.29, 0.717) is 0 Å². The van der Waals surface area contributed by atoms with Crippen molar-refractivity contribution in [2.24, 2.45) is 0 Å². The van der Waals surface area contributed by atoms with Crippen molar-refractivity contribution >= 4 is 0 Å². The molecule has 30 heavy (non-hydrogen) atoms. The zero-order valence-electron chi connectivity index (χ0n) is 17.5. The summed E-state index contributed by atoms with van der Waals surface area (Å²) in [6, 6.07) is 11.9. The molecule has 4 rings (SSSR count). The molecule has 1 aliphatic heterocycles. The second-order valence-corrected chi connectivity index (χ2v) is 9.22. The van der Waals surface area contributed by atoms with Crippen LogP contribution in [0.3, 0.4) is 0 Å². The van der Waals surface area contributed by atoms with E-state index in [2.05, 4.69) is 6.07 Å². The van der Waals surface area contributed by atoms with E-state index >= 15 is 0 Å². The quantitative estimate of drug-likeness (QED) is 0.520. The highest BCUT2D eigenvalue weighted by Crippen LogP contribution is 2.50. The maximum Gasteiger partial charge on any atom is 0.416 e. The van der Waals surface area contributed by atoms with E-state index in [-0.39, 0.29) is 16.9 Å². The fourth-order valence-corrected chi connectivity index (χ4v) is 5.48. The standard InChI is InChI=1S/C25H30F3NO/c1-19(20-7-6-8-21(17-20)25(26,27)28)10-13-23(22-9-2-5-15-29-22)14-16-30-24(18-23)11-3-4-12-24/h2,5-9,15,17,19H,3-4,10-14,16,18H2,1H3/t19?,23-/m0/s1. The summed E-state index contributed by atoms with van der Waals surface area (Å²) in [6.45, 7) is 2.76. The van der Waals surface area contributed by atoms with Gasteiger partial charge in [0.1, 0.15) is 0 Å². The van der Waals surface area contributed by atoms with Gasteiger partial charge in [-0.2, -0.15) is 13.2 Å². The Morgan fingerprint density at radius 2 is 1.87 bits per heavy atom. The molecule has 0 radical (unpaired) electrons. The molecule has 1 aliphatic carbocycles. The van der Waals surface area contributed by atoms with Crippen molar-refractivity contribution in [3.63, 3.8) is 0 Å². The smallest absolute Gasteiger partial charge is 0.375 e. The zero-order chi connectivity index (χ0) is 21.2. The molecule has 2 nitrogen and oxygen atoms in total. The minimum absolute atomic E-state index is 0.0464. The largest absolute Gasteiger partial charge is 0.416 e. The van der Waals surface area contributed by atoms with Gasteiger partial charge < -0.3 is 4.74 Å². The zero-order valence-corrected chi connectivity index (χ0v) is 17.5. The van der Waals surface area contributed by atoms with Gasteiger partial charge >= 0.3 is 6.18 Å². The van der Waals surface area contributed by atoms with Crippen LogP contribution in [0.1, 0.15) is 81.0 Å². The van der Waals surface area contributed by atoms with Gasteiger partial charge in [-0.1, -0.05) is 44.0 Å². The van der Waals surface area contributed by atoms with Crippen LogP contribution in [-0.2, 0) is 16.3 Å². The molecule has 1 saturated heterocycles. The Morgan fingerprint density at radius 1 is 1.07 bits per heavy atom. The number of nitrogens with zero attached hydrogens (tertiary/aromatic N) is 1. The topological polar surface area (TPSA) is 22.1 Å². The Kier molecular flexibility index (Phi) is 5.93. The van der Waals surface area contributed by atoms with Gasteiger partial charge in [-0.05, 0) is 68.2 Å². The van der Waals surface area contributed by atoms with E-state index in [1.54, 1.807) is 0 Å². The number of halogens is 3. The van der Waals surface area contributed by atoms with Gasteiger partial charge in [0, 0.05) is 23.9 Å². The lowest BCUT2D eigenvalue weighted by atomic mass is 9.66. The van der Waals surface area contributed by atoms with Crippen molar-refractivity contribution in [2.45, 2.75) is 81.4 Å². The first-order valence-electron chi connectivity index (χ1n) is 11.0. The summed E-state index contributed by atoms with van der Waals surface area (Å²) in [5, 5.41) is 0. The Morgan fingerprint density at radius 3 is 2.57 bits per heavy atom. The molecule has 0 amide bonds. The summed E-state index contributed by atoms with van der Waals surface area (Å²) >= 11 is 0. The predicted molar refractivity (Wildman–Crippen MR) is 111 cm³/mol.